The van der Waals surface area contributed by atoms with Crippen LogP contribution < -0.4 is 9.47 Å². The van der Waals surface area contributed by atoms with E-state index in [2.05, 4.69) is 0 Å². The van der Waals surface area contributed by atoms with Gasteiger partial charge in [0.05, 0.1) is 19.1 Å². The van der Waals surface area contributed by atoms with Crippen molar-refractivity contribution in [2.75, 3.05) is 27.4 Å². The molecule has 0 saturated heterocycles. The standard InChI is InChI=1S/C17H26O5/c1-12(2)17(3,16(18)19)13-7-8-14(21-5)15(11-13)22-10-6-9-20-4/h7-8,11-12H,6,9-10H2,1-5H3,(H,18,19). The summed E-state index contributed by atoms with van der Waals surface area (Å²) in [6.07, 6.45) is 0.754. The Hall–Kier alpha value is -1.75. The molecule has 0 radical (unpaired) electrons. The van der Waals surface area contributed by atoms with E-state index in [4.69, 9.17) is 14.2 Å². The number of carboxylic acids is 1. The summed E-state index contributed by atoms with van der Waals surface area (Å²) >= 11 is 0. The van der Waals surface area contributed by atoms with Crippen molar-refractivity contribution >= 4 is 5.97 Å². The van der Waals surface area contributed by atoms with Crippen LogP contribution in [0.4, 0.5) is 0 Å². The Morgan fingerprint density at radius 3 is 2.41 bits per heavy atom. The van der Waals surface area contributed by atoms with E-state index in [-0.39, 0.29) is 5.92 Å². The monoisotopic (exact) mass is 310 g/mol. The molecule has 22 heavy (non-hydrogen) atoms. The van der Waals surface area contributed by atoms with Gasteiger partial charge in [-0.2, -0.15) is 0 Å². The maximum absolute atomic E-state index is 11.7. The molecule has 1 atom stereocenters. The first-order valence-corrected chi connectivity index (χ1v) is 7.41. The minimum atomic E-state index is -0.975. The molecule has 0 aliphatic heterocycles. The Morgan fingerprint density at radius 2 is 1.91 bits per heavy atom. The predicted molar refractivity (Wildman–Crippen MR) is 84.8 cm³/mol. The summed E-state index contributed by atoms with van der Waals surface area (Å²) in [6, 6.07) is 5.30. The quantitative estimate of drug-likeness (QED) is 0.710. The smallest absolute Gasteiger partial charge is 0.314 e. The molecule has 124 valence electrons. The molecule has 5 nitrogen and oxygen atoms in total. The zero-order valence-corrected chi connectivity index (χ0v) is 14.0. The van der Waals surface area contributed by atoms with Gasteiger partial charge in [-0.3, -0.25) is 4.79 Å². The fourth-order valence-electron chi connectivity index (χ4n) is 2.20. The van der Waals surface area contributed by atoms with Gasteiger partial charge in [0.15, 0.2) is 11.5 Å². The van der Waals surface area contributed by atoms with E-state index in [1.165, 1.54) is 0 Å². The van der Waals surface area contributed by atoms with Gasteiger partial charge in [-0.25, -0.2) is 0 Å². The van der Waals surface area contributed by atoms with Crippen molar-refractivity contribution in [3.8, 4) is 11.5 Å². The lowest BCUT2D eigenvalue weighted by molar-refractivity contribution is -0.145. The van der Waals surface area contributed by atoms with Crippen molar-refractivity contribution in [1.29, 1.82) is 0 Å². The fraction of sp³-hybridized carbons (Fsp3) is 0.588. The maximum atomic E-state index is 11.7. The summed E-state index contributed by atoms with van der Waals surface area (Å²) in [5.74, 6) is 0.250. The third kappa shape index (κ3) is 3.91. The first kappa shape index (κ1) is 18.3. The number of hydrogen-bond donors (Lipinski definition) is 1. The maximum Gasteiger partial charge on any atom is 0.314 e. The van der Waals surface area contributed by atoms with Crippen molar-refractivity contribution in [2.45, 2.75) is 32.6 Å². The van der Waals surface area contributed by atoms with Gasteiger partial charge in [0, 0.05) is 20.1 Å². The molecule has 0 spiro atoms. The van der Waals surface area contributed by atoms with Crippen LogP contribution in [0.25, 0.3) is 0 Å². The lowest BCUT2D eigenvalue weighted by Gasteiger charge is -2.30. The van der Waals surface area contributed by atoms with Gasteiger partial charge in [-0.05, 0) is 30.5 Å². The van der Waals surface area contributed by atoms with E-state index in [9.17, 15) is 9.90 Å². The molecule has 0 fully saturated rings. The molecule has 1 unspecified atom stereocenters. The summed E-state index contributed by atoms with van der Waals surface area (Å²) in [5.41, 5.74) is -0.269. The van der Waals surface area contributed by atoms with Gasteiger partial charge < -0.3 is 19.3 Å². The van der Waals surface area contributed by atoms with Gasteiger partial charge >= 0.3 is 5.97 Å². The summed E-state index contributed by atoms with van der Waals surface area (Å²) in [4.78, 5) is 11.7. The molecular formula is C17H26O5. The Kier molecular flexibility index (Phi) is 6.68. The summed E-state index contributed by atoms with van der Waals surface area (Å²) in [5, 5.41) is 9.63. The van der Waals surface area contributed by atoms with Crippen LogP contribution >= 0.6 is 0 Å². The first-order chi connectivity index (χ1) is 10.4. The molecule has 0 heterocycles. The Balaban J connectivity index is 3.10. The average molecular weight is 310 g/mol. The molecule has 0 aromatic heterocycles. The summed E-state index contributed by atoms with van der Waals surface area (Å²) in [7, 11) is 3.21. The van der Waals surface area contributed by atoms with Crippen molar-refractivity contribution in [2.24, 2.45) is 5.92 Å². The van der Waals surface area contributed by atoms with Gasteiger partial charge in [0.2, 0.25) is 0 Å². The number of ether oxygens (including phenoxy) is 3. The fourth-order valence-corrected chi connectivity index (χ4v) is 2.20. The van der Waals surface area contributed by atoms with E-state index in [0.717, 1.165) is 6.42 Å². The van der Waals surface area contributed by atoms with Crippen LogP contribution in [0.1, 0.15) is 32.8 Å². The lowest BCUT2D eigenvalue weighted by Crippen LogP contribution is -2.37. The second kappa shape index (κ2) is 8.03. The number of benzene rings is 1. The molecule has 1 rings (SSSR count). The topological polar surface area (TPSA) is 65.0 Å². The van der Waals surface area contributed by atoms with Gasteiger partial charge in [0.1, 0.15) is 0 Å². The van der Waals surface area contributed by atoms with Gasteiger partial charge in [-0.15, -0.1) is 0 Å². The average Bonchev–Trinajstić information content (AvgIpc) is 2.50. The number of carboxylic acid groups (broad SMARTS) is 1. The van der Waals surface area contributed by atoms with Crippen LogP contribution in [0.2, 0.25) is 0 Å². The largest absolute Gasteiger partial charge is 0.493 e. The van der Waals surface area contributed by atoms with Crippen molar-refractivity contribution < 1.29 is 24.1 Å². The molecule has 1 aromatic rings. The molecule has 0 bridgehead atoms. The highest BCUT2D eigenvalue weighted by Gasteiger charge is 2.39. The third-order valence-electron chi connectivity index (χ3n) is 4.11. The van der Waals surface area contributed by atoms with E-state index in [0.29, 0.717) is 30.3 Å². The SMILES string of the molecule is COCCCOc1cc(C(C)(C(=O)O)C(C)C)ccc1OC. The van der Waals surface area contributed by atoms with Crippen molar-refractivity contribution in [1.82, 2.24) is 0 Å². The Morgan fingerprint density at radius 1 is 1.23 bits per heavy atom. The van der Waals surface area contributed by atoms with E-state index >= 15 is 0 Å². The number of carbonyl (C=O) groups is 1. The predicted octanol–water partition coefficient (Wildman–Crippen LogP) is 3.11. The highest BCUT2D eigenvalue weighted by molar-refractivity contribution is 5.81. The molecule has 0 aliphatic carbocycles. The lowest BCUT2D eigenvalue weighted by atomic mass is 9.73. The number of rotatable bonds is 9. The van der Waals surface area contributed by atoms with Crippen LogP contribution in [0.5, 0.6) is 11.5 Å². The zero-order chi connectivity index (χ0) is 16.8. The highest BCUT2D eigenvalue weighted by atomic mass is 16.5. The van der Waals surface area contributed by atoms with Crippen molar-refractivity contribution in [3.05, 3.63) is 23.8 Å². The first-order valence-electron chi connectivity index (χ1n) is 7.41. The van der Waals surface area contributed by atoms with Crippen LogP contribution in [-0.2, 0) is 14.9 Å². The van der Waals surface area contributed by atoms with Crippen LogP contribution in [0, 0.1) is 5.92 Å². The number of aliphatic carboxylic acids is 1. The molecule has 0 amide bonds. The molecule has 0 aliphatic rings. The molecule has 1 N–H and O–H groups in total. The second-order valence-electron chi connectivity index (χ2n) is 5.72. The molecule has 1 aromatic carbocycles. The van der Waals surface area contributed by atoms with Crippen LogP contribution in [-0.4, -0.2) is 38.5 Å². The Labute approximate surface area is 132 Å². The van der Waals surface area contributed by atoms with E-state index < -0.39 is 11.4 Å². The van der Waals surface area contributed by atoms with Crippen molar-refractivity contribution in [3.63, 3.8) is 0 Å². The minimum Gasteiger partial charge on any atom is -0.493 e. The zero-order valence-electron chi connectivity index (χ0n) is 14.0. The summed E-state index contributed by atoms with van der Waals surface area (Å²) in [6.45, 7) is 6.63. The molecule has 0 saturated carbocycles. The van der Waals surface area contributed by atoms with Gasteiger partial charge in [0.25, 0.3) is 0 Å². The second-order valence-corrected chi connectivity index (χ2v) is 5.72. The van der Waals surface area contributed by atoms with Gasteiger partial charge in [-0.1, -0.05) is 19.9 Å². The molecule has 5 heteroatoms. The summed E-state index contributed by atoms with van der Waals surface area (Å²) < 4.78 is 16.0. The van der Waals surface area contributed by atoms with Crippen LogP contribution in [0.3, 0.4) is 0 Å². The van der Waals surface area contributed by atoms with Crippen LogP contribution in [0.15, 0.2) is 18.2 Å². The molecular weight excluding hydrogens is 284 g/mol. The third-order valence-corrected chi connectivity index (χ3v) is 4.11. The van der Waals surface area contributed by atoms with E-state index in [1.807, 2.05) is 13.8 Å². The normalized spacial score (nSPS) is 13.7. The minimum absolute atomic E-state index is 0.0558. The Bertz CT molecular complexity index is 498. The number of hydrogen-bond acceptors (Lipinski definition) is 4. The van der Waals surface area contributed by atoms with E-state index in [1.54, 1.807) is 39.3 Å². The number of methoxy groups -OCH3 is 2. The highest BCUT2D eigenvalue weighted by Crippen LogP contribution is 2.37.